The highest BCUT2D eigenvalue weighted by Gasteiger charge is 2.35. The highest BCUT2D eigenvalue weighted by molar-refractivity contribution is 7.09. The number of aryl methyl sites for hydroxylation is 1. The van der Waals surface area contributed by atoms with Crippen LogP contribution in [0, 0.1) is 18.8 Å². The molecule has 24 heavy (non-hydrogen) atoms. The molecule has 2 aliphatic rings. The van der Waals surface area contributed by atoms with E-state index in [0.29, 0.717) is 18.4 Å². The van der Waals surface area contributed by atoms with E-state index in [9.17, 15) is 4.79 Å². The van der Waals surface area contributed by atoms with E-state index in [1.54, 1.807) is 11.3 Å². The van der Waals surface area contributed by atoms with Gasteiger partial charge in [-0.05, 0) is 51.6 Å². The van der Waals surface area contributed by atoms with Gasteiger partial charge in [0, 0.05) is 37.0 Å². The number of rotatable bonds is 4. The van der Waals surface area contributed by atoms with Crippen LogP contribution in [0.1, 0.15) is 43.3 Å². The summed E-state index contributed by atoms with van der Waals surface area (Å²) in [6.45, 7) is 8.66. The molecule has 0 bridgehead atoms. The number of nitrogens with two attached hydrogens (primary N) is 1. The molecule has 0 saturated carbocycles. The minimum Gasteiger partial charge on any atom is -0.338 e. The fraction of sp³-hybridized carbons (Fsp3) is 0.778. The van der Waals surface area contributed by atoms with Crippen LogP contribution < -0.4 is 5.73 Å². The second-order valence-corrected chi connectivity index (χ2v) is 8.42. The average molecular weight is 351 g/mol. The summed E-state index contributed by atoms with van der Waals surface area (Å²) in [5.74, 6) is 1.06. The van der Waals surface area contributed by atoms with E-state index in [0.717, 1.165) is 56.1 Å². The second kappa shape index (κ2) is 7.93. The van der Waals surface area contributed by atoms with Gasteiger partial charge in [0.15, 0.2) is 0 Å². The van der Waals surface area contributed by atoms with E-state index >= 15 is 0 Å². The molecule has 5 nitrogen and oxygen atoms in total. The minimum absolute atomic E-state index is 0.178. The van der Waals surface area contributed by atoms with Crippen molar-refractivity contribution in [2.75, 3.05) is 26.2 Å². The molecule has 3 heterocycles. The lowest BCUT2D eigenvalue weighted by Gasteiger charge is -2.42. The molecule has 2 fully saturated rings. The Kier molecular flexibility index (Phi) is 5.89. The molecule has 2 saturated heterocycles. The third-order valence-electron chi connectivity index (χ3n) is 5.63. The Morgan fingerprint density at radius 3 is 2.71 bits per heavy atom. The van der Waals surface area contributed by atoms with Gasteiger partial charge < -0.3 is 10.6 Å². The Morgan fingerprint density at radius 1 is 1.33 bits per heavy atom. The Bertz CT molecular complexity index is 553. The van der Waals surface area contributed by atoms with Crippen LogP contribution in [0.2, 0.25) is 0 Å². The van der Waals surface area contributed by atoms with Crippen molar-refractivity contribution in [1.29, 1.82) is 0 Å². The number of thiazole rings is 1. The van der Waals surface area contributed by atoms with E-state index in [-0.39, 0.29) is 12.0 Å². The third kappa shape index (κ3) is 3.98. The van der Waals surface area contributed by atoms with Gasteiger partial charge in [-0.3, -0.25) is 9.69 Å². The maximum atomic E-state index is 13.0. The van der Waals surface area contributed by atoms with Gasteiger partial charge in [-0.25, -0.2) is 4.98 Å². The normalized spacial score (nSPS) is 26.7. The quantitative estimate of drug-likeness (QED) is 0.905. The van der Waals surface area contributed by atoms with E-state index in [1.807, 2.05) is 6.92 Å². The summed E-state index contributed by atoms with van der Waals surface area (Å²) in [7, 11) is 0. The van der Waals surface area contributed by atoms with Crippen molar-refractivity contribution in [2.24, 2.45) is 17.6 Å². The molecule has 134 valence electrons. The lowest BCUT2D eigenvalue weighted by molar-refractivity contribution is -0.142. The molecule has 2 aliphatic heterocycles. The summed E-state index contributed by atoms with van der Waals surface area (Å²) in [6, 6.07) is 0.238. The van der Waals surface area contributed by atoms with Gasteiger partial charge in [-0.2, -0.15) is 0 Å². The lowest BCUT2D eigenvalue weighted by Crippen LogP contribution is -2.54. The summed E-state index contributed by atoms with van der Waals surface area (Å²) in [5, 5.41) is 3.27. The van der Waals surface area contributed by atoms with Gasteiger partial charge in [0.1, 0.15) is 0 Å². The van der Waals surface area contributed by atoms with E-state index in [2.05, 4.69) is 27.1 Å². The number of likely N-dealkylation sites (tertiary alicyclic amines) is 2. The van der Waals surface area contributed by atoms with Crippen LogP contribution in [0.15, 0.2) is 5.38 Å². The number of piperidine rings is 2. The molecule has 0 radical (unpaired) electrons. The number of amides is 1. The van der Waals surface area contributed by atoms with Crippen LogP contribution in [-0.4, -0.2) is 52.9 Å². The van der Waals surface area contributed by atoms with Crippen LogP contribution in [-0.2, 0) is 11.3 Å². The number of hydrogen-bond acceptors (Lipinski definition) is 5. The summed E-state index contributed by atoms with van der Waals surface area (Å²) in [4.78, 5) is 22.1. The maximum absolute atomic E-state index is 13.0. The molecule has 0 spiro atoms. The van der Waals surface area contributed by atoms with Gasteiger partial charge in [0.2, 0.25) is 5.91 Å². The molecule has 1 aromatic heterocycles. The molecule has 1 aromatic rings. The van der Waals surface area contributed by atoms with Gasteiger partial charge in [0.25, 0.3) is 0 Å². The molecule has 3 rings (SSSR count). The summed E-state index contributed by atoms with van der Waals surface area (Å²) >= 11 is 1.71. The molecule has 0 unspecified atom stereocenters. The number of hydrogen-bond donors (Lipinski definition) is 1. The van der Waals surface area contributed by atoms with Crippen LogP contribution in [0.3, 0.4) is 0 Å². The molecule has 2 N–H and O–H groups in total. The largest absolute Gasteiger partial charge is 0.338 e. The molecule has 1 amide bonds. The van der Waals surface area contributed by atoms with Crippen molar-refractivity contribution in [2.45, 2.75) is 52.1 Å². The SMILES string of the molecule is Cc1nc(CN2CCC(C(=O)N3CCC[C@H](C)[C@@H]3CN)CC2)cs1. The Labute approximate surface area is 149 Å². The first-order valence-electron chi connectivity index (χ1n) is 9.22. The summed E-state index contributed by atoms with van der Waals surface area (Å²) in [5.41, 5.74) is 7.12. The highest BCUT2D eigenvalue weighted by Crippen LogP contribution is 2.28. The number of nitrogens with zero attached hydrogens (tertiary/aromatic N) is 3. The van der Waals surface area contributed by atoms with Crippen LogP contribution >= 0.6 is 11.3 Å². The third-order valence-corrected chi connectivity index (χ3v) is 6.45. The predicted octanol–water partition coefficient (Wildman–Crippen LogP) is 2.25. The zero-order valence-electron chi connectivity index (χ0n) is 14.9. The second-order valence-electron chi connectivity index (χ2n) is 7.36. The first kappa shape index (κ1) is 17.8. The predicted molar refractivity (Wildman–Crippen MR) is 97.8 cm³/mol. The fourth-order valence-corrected chi connectivity index (χ4v) is 4.77. The Morgan fingerprint density at radius 2 is 2.08 bits per heavy atom. The monoisotopic (exact) mass is 350 g/mol. The lowest BCUT2D eigenvalue weighted by atomic mass is 9.88. The number of carbonyl (C=O) groups excluding carboxylic acids is 1. The van der Waals surface area contributed by atoms with Crippen LogP contribution in [0.5, 0.6) is 0 Å². The topological polar surface area (TPSA) is 62.5 Å². The van der Waals surface area contributed by atoms with E-state index in [4.69, 9.17) is 5.73 Å². The van der Waals surface area contributed by atoms with Gasteiger partial charge in [-0.15, -0.1) is 11.3 Å². The van der Waals surface area contributed by atoms with Gasteiger partial charge in [0.05, 0.1) is 10.7 Å². The van der Waals surface area contributed by atoms with Crippen LogP contribution in [0.25, 0.3) is 0 Å². The van der Waals surface area contributed by atoms with Crippen molar-refractivity contribution in [3.63, 3.8) is 0 Å². The molecule has 0 aliphatic carbocycles. The molecule has 0 aromatic carbocycles. The minimum atomic E-state index is 0.178. The smallest absolute Gasteiger partial charge is 0.226 e. The molecule has 6 heteroatoms. The molecular weight excluding hydrogens is 320 g/mol. The molecular formula is C18H30N4OS. The number of carbonyl (C=O) groups is 1. The van der Waals surface area contributed by atoms with Crippen molar-refractivity contribution in [3.8, 4) is 0 Å². The van der Waals surface area contributed by atoms with Crippen molar-refractivity contribution >= 4 is 17.2 Å². The zero-order chi connectivity index (χ0) is 17.1. The molecule has 2 atom stereocenters. The van der Waals surface area contributed by atoms with Gasteiger partial charge in [-0.1, -0.05) is 6.92 Å². The van der Waals surface area contributed by atoms with Gasteiger partial charge >= 0.3 is 0 Å². The Hall–Kier alpha value is -0.980. The Balaban J connectivity index is 1.53. The fourth-order valence-electron chi connectivity index (χ4n) is 4.16. The number of aromatic nitrogens is 1. The maximum Gasteiger partial charge on any atom is 0.226 e. The van der Waals surface area contributed by atoms with E-state index in [1.165, 1.54) is 6.42 Å². The van der Waals surface area contributed by atoms with Crippen molar-refractivity contribution < 1.29 is 4.79 Å². The summed E-state index contributed by atoms with van der Waals surface area (Å²) < 4.78 is 0. The zero-order valence-corrected chi connectivity index (χ0v) is 15.7. The van der Waals surface area contributed by atoms with E-state index < -0.39 is 0 Å². The average Bonchev–Trinajstić information content (AvgIpc) is 2.99. The summed E-state index contributed by atoms with van der Waals surface area (Å²) in [6.07, 6.45) is 4.23. The first-order valence-corrected chi connectivity index (χ1v) is 10.1. The van der Waals surface area contributed by atoms with Crippen molar-refractivity contribution in [1.82, 2.24) is 14.8 Å². The van der Waals surface area contributed by atoms with Crippen LogP contribution in [0.4, 0.5) is 0 Å². The highest BCUT2D eigenvalue weighted by atomic mass is 32.1. The first-order chi connectivity index (χ1) is 11.6. The standard InChI is InChI=1S/C18H30N4OS/c1-13-4-3-7-22(17(13)10-19)18(23)15-5-8-21(9-6-15)11-16-12-24-14(2)20-16/h12-13,15,17H,3-11,19H2,1-2H3/t13-,17-/m0/s1. The van der Waals surface area contributed by atoms with Crippen molar-refractivity contribution in [3.05, 3.63) is 16.1 Å².